The van der Waals surface area contributed by atoms with Gasteiger partial charge in [0.15, 0.2) is 23.5 Å². The van der Waals surface area contributed by atoms with Crippen LogP contribution in [0.4, 0.5) is 14.6 Å². The molecule has 0 spiro atoms. The van der Waals surface area contributed by atoms with Crippen LogP contribution in [0.1, 0.15) is 13.2 Å². The third-order valence-electron chi connectivity index (χ3n) is 3.72. The van der Waals surface area contributed by atoms with Gasteiger partial charge >= 0.3 is 29.2 Å². The molecule has 2 rings (SSSR count). The molecular formula is C10H16F2N3O13P3. The number of aliphatic hydroxyl groups is 1. The minimum Gasteiger partial charge on any atom is -0.387 e. The van der Waals surface area contributed by atoms with Gasteiger partial charge < -0.3 is 35.2 Å². The minimum absolute atomic E-state index is 0.319. The van der Waals surface area contributed by atoms with E-state index in [0.717, 1.165) is 6.92 Å². The monoisotopic (exact) mass is 517 g/mol. The van der Waals surface area contributed by atoms with Gasteiger partial charge in [0, 0.05) is 0 Å². The van der Waals surface area contributed by atoms with Crippen molar-refractivity contribution in [2.45, 2.75) is 31.0 Å². The van der Waals surface area contributed by atoms with E-state index in [1.54, 1.807) is 0 Å². The summed E-state index contributed by atoms with van der Waals surface area (Å²) in [4.78, 5) is 50.3. The van der Waals surface area contributed by atoms with Crippen molar-refractivity contribution in [2.24, 2.45) is 0 Å². The third kappa shape index (κ3) is 6.44. The summed E-state index contributed by atoms with van der Waals surface area (Å²) < 4.78 is 78.7. The number of nitrogens with two attached hydrogens (primary N) is 1. The minimum atomic E-state index is -5.80. The Labute approximate surface area is 170 Å². The van der Waals surface area contributed by atoms with Crippen LogP contribution in [0.3, 0.4) is 0 Å². The lowest BCUT2D eigenvalue weighted by molar-refractivity contribution is -0.0608. The number of halogens is 2. The number of hydrogen-bond acceptors (Lipinski definition) is 11. The maximum Gasteiger partial charge on any atom is 0.490 e. The molecule has 1 fully saturated rings. The van der Waals surface area contributed by atoms with Gasteiger partial charge in [0.2, 0.25) is 0 Å². The van der Waals surface area contributed by atoms with E-state index in [9.17, 15) is 37.3 Å². The summed E-state index contributed by atoms with van der Waals surface area (Å²) in [7, 11) is -17.0. The normalized spacial score (nSPS) is 30.6. The van der Waals surface area contributed by atoms with Crippen molar-refractivity contribution in [3.05, 3.63) is 22.5 Å². The van der Waals surface area contributed by atoms with E-state index >= 15 is 0 Å². The molecule has 178 valence electrons. The Kier molecular flexibility index (Phi) is 7.30. The summed E-state index contributed by atoms with van der Waals surface area (Å²) in [6.45, 7) is -0.464. The second-order valence-electron chi connectivity index (χ2n) is 6.17. The number of rotatable bonds is 8. The van der Waals surface area contributed by atoms with Crippen LogP contribution in [0.25, 0.3) is 0 Å². The van der Waals surface area contributed by atoms with Crippen molar-refractivity contribution < 1.29 is 65.0 Å². The Balaban J connectivity index is 2.16. The molecule has 1 aromatic heterocycles. The van der Waals surface area contributed by atoms with Gasteiger partial charge in [-0.2, -0.15) is 13.6 Å². The largest absolute Gasteiger partial charge is 0.490 e. The zero-order chi connectivity index (χ0) is 24.0. The third-order valence-corrected chi connectivity index (χ3v) is 7.52. The molecule has 0 aromatic carbocycles. The molecule has 1 aromatic rings. The van der Waals surface area contributed by atoms with E-state index in [4.69, 9.17) is 25.2 Å². The molecular weight excluding hydrogens is 501 g/mol. The van der Waals surface area contributed by atoms with Crippen LogP contribution in [0.2, 0.25) is 0 Å². The van der Waals surface area contributed by atoms with Gasteiger partial charge in [-0.05, 0) is 6.92 Å². The van der Waals surface area contributed by atoms with Gasteiger partial charge in [-0.25, -0.2) is 27.3 Å². The Morgan fingerprint density at radius 1 is 1.26 bits per heavy atom. The number of aromatic nitrogens is 2. The van der Waals surface area contributed by atoms with Crippen molar-refractivity contribution in [3.63, 3.8) is 0 Å². The predicted octanol–water partition coefficient (Wildman–Crippen LogP) is -0.706. The highest BCUT2D eigenvalue weighted by Gasteiger charge is 2.56. The van der Waals surface area contributed by atoms with Crippen LogP contribution >= 0.6 is 23.5 Å². The fourth-order valence-corrected chi connectivity index (χ4v) is 5.48. The van der Waals surface area contributed by atoms with Crippen LogP contribution in [0.15, 0.2) is 11.0 Å². The molecule has 1 aliphatic rings. The predicted molar refractivity (Wildman–Crippen MR) is 92.1 cm³/mol. The molecule has 0 radical (unpaired) electrons. The van der Waals surface area contributed by atoms with Crippen molar-refractivity contribution in [3.8, 4) is 0 Å². The maximum absolute atomic E-state index is 15.0. The van der Waals surface area contributed by atoms with Gasteiger partial charge in [0.1, 0.15) is 12.2 Å². The lowest BCUT2D eigenvalue weighted by Gasteiger charge is -2.24. The lowest BCUT2D eigenvalue weighted by Crippen LogP contribution is -2.43. The number of nitrogens with zero attached hydrogens (tertiary/aromatic N) is 2. The van der Waals surface area contributed by atoms with E-state index in [1.165, 1.54) is 0 Å². The van der Waals surface area contributed by atoms with Crippen molar-refractivity contribution >= 4 is 29.3 Å². The average molecular weight is 517 g/mol. The number of ether oxygens (including phenoxy) is 1. The number of hydrogen-bond donors (Lipinski definition) is 6. The number of nitrogen functional groups attached to an aromatic ring is 1. The lowest BCUT2D eigenvalue weighted by atomic mass is 9.98. The summed E-state index contributed by atoms with van der Waals surface area (Å²) in [5.41, 5.74) is 1.05. The highest BCUT2D eigenvalue weighted by atomic mass is 31.3. The topological polar surface area (TPSA) is 250 Å². The molecule has 31 heavy (non-hydrogen) atoms. The Hall–Kier alpha value is -1.13. The highest BCUT2D eigenvalue weighted by Crippen LogP contribution is 2.66. The molecule has 6 atom stereocenters. The summed E-state index contributed by atoms with van der Waals surface area (Å²) >= 11 is 0. The fraction of sp³-hybridized carbons (Fsp3) is 0.600. The molecule has 1 saturated heterocycles. The first-order chi connectivity index (χ1) is 13.8. The Bertz CT molecular complexity index is 1040. The quantitative estimate of drug-likeness (QED) is 0.233. The molecule has 21 heteroatoms. The van der Waals surface area contributed by atoms with Gasteiger partial charge in [-0.1, -0.05) is 0 Å². The van der Waals surface area contributed by atoms with E-state index in [1.807, 2.05) is 0 Å². The fourth-order valence-electron chi connectivity index (χ4n) is 2.45. The summed E-state index contributed by atoms with van der Waals surface area (Å²) in [5, 5.41) is 10.1. The molecule has 2 unspecified atom stereocenters. The van der Waals surface area contributed by atoms with E-state index in [2.05, 4.69) is 18.1 Å². The van der Waals surface area contributed by atoms with E-state index in [-0.39, 0.29) is 0 Å². The highest BCUT2D eigenvalue weighted by molar-refractivity contribution is 7.66. The number of anilines is 1. The molecule has 2 heterocycles. The molecule has 0 saturated carbocycles. The first kappa shape index (κ1) is 26.1. The molecule has 0 aliphatic carbocycles. The summed E-state index contributed by atoms with van der Waals surface area (Å²) in [5.74, 6) is -2.00. The second-order valence-corrected chi connectivity index (χ2v) is 10.6. The standard InChI is InChI=1S/C10H16F2N3O13P3/c1-10(12)6(16)5(26-8(10)15-2-4(11)7(13)14-9(15)17)3-25-30(21,22)28-31(23,24)27-29(18,19)20/h2,5-6,8,16H,3H2,1H3,(H,21,22)(H,23,24)(H2,13,14,17)(H2,18,19,20)/t5-,6-,8-,10-/m1/s1. The van der Waals surface area contributed by atoms with Gasteiger partial charge in [0.25, 0.3) is 0 Å². The van der Waals surface area contributed by atoms with E-state index < -0.39 is 71.5 Å². The maximum atomic E-state index is 15.0. The number of phosphoric ester groups is 1. The molecule has 1 aliphatic heterocycles. The number of alkyl halides is 1. The smallest absolute Gasteiger partial charge is 0.387 e. The average Bonchev–Trinajstić information content (AvgIpc) is 2.76. The summed E-state index contributed by atoms with van der Waals surface area (Å²) in [6.07, 6.45) is -5.54. The Morgan fingerprint density at radius 3 is 2.39 bits per heavy atom. The van der Waals surface area contributed by atoms with Gasteiger partial charge in [-0.3, -0.25) is 9.09 Å². The molecule has 16 nitrogen and oxygen atoms in total. The van der Waals surface area contributed by atoms with Crippen molar-refractivity contribution in [1.29, 1.82) is 0 Å². The van der Waals surface area contributed by atoms with Crippen molar-refractivity contribution in [1.82, 2.24) is 9.55 Å². The van der Waals surface area contributed by atoms with Crippen LogP contribution < -0.4 is 11.4 Å². The molecule has 0 amide bonds. The van der Waals surface area contributed by atoms with Crippen LogP contribution in [-0.2, 0) is 31.6 Å². The van der Waals surface area contributed by atoms with Crippen LogP contribution in [-0.4, -0.2) is 58.7 Å². The van der Waals surface area contributed by atoms with E-state index in [0.29, 0.717) is 10.8 Å². The number of aliphatic hydroxyl groups excluding tert-OH is 1. The van der Waals surface area contributed by atoms with Gasteiger partial charge in [0.05, 0.1) is 12.8 Å². The zero-order valence-corrected chi connectivity index (χ0v) is 17.8. The zero-order valence-electron chi connectivity index (χ0n) is 15.1. The first-order valence-corrected chi connectivity index (χ1v) is 12.2. The Morgan fingerprint density at radius 2 is 1.84 bits per heavy atom. The molecule has 0 bridgehead atoms. The first-order valence-electron chi connectivity index (χ1n) is 7.69. The second kappa shape index (κ2) is 8.67. The van der Waals surface area contributed by atoms with Gasteiger partial charge in [-0.15, -0.1) is 0 Å². The van der Waals surface area contributed by atoms with Crippen LogP contribution in [0, 0.1) is 5.82 Å². The van der Waals surface area contributed by atoms with Crippen molar-refractivity contribution in [2.75, 3.05) is 12.3 Å². The number of phosphoric acid groups is 3. The van der Waals surface area contributed by atoms with Crippen LogP contribution in [0.5, 0.6) is 0 Å². The molecule has 7 N–H and O–H groups in total. The SMILES string of the molecule is C[C@@]1(F)[C@H](O)[C@@H](COP(=O)(O)OP(=O)(O)OP(=O)(O)O)O[C@H]1n1cc(F)c(N)nc1=O. The summed E-state index contributed by atoms with van der Waals surface area (Å²) in [6, 6.07) is 0.